The number of hydrogen-bond donors (Lipinski definition) is 2. The molecular weight excluding hydrogens is 247 g/mol. The largest absolute Gasteiger partial charge is 0.348 e. The number of nitrogens with one attached hydrogen (secondary N) is 2. The molecule has 3 nitrogen and oxygen atoms in total. The van der Waals surface area contributed by atoms with E-state index in [-0.39, 0.29) is 11.9 Å². The summed E-state index contributed by atoms with van der Waals surface area (Å²) < 4.78 is 0. The molecule has 1 aromatic rings. The van der Waals surface area contributed by atoms with Gasteiger partial charge in [-0.3, -0.25) is 4.79 Å². The highest BCUT2D eigenvalue weighted by atomic mass is 35.5. The third kappa shape index (κ3) is 3.67. The van der Waals surface area contributed by atoms with E-state index in [1.54, 1.807) is 19.2 Å². The van der Waals surface area contributed by atoms with E-state index in [4.69, 9.17) is 23.2 Å². The Kier molecular flexibility index (Phi) is 5.06. The average Bonchev–Trinajstić information content (AvgIpc) is 2.22. The molecule has 0 aliphatic heterocycles. The SMILES string of the molecule is CNCC(=O)NC(C)c1ccc(Cl)c(Cl)c1. The van der Waals surface area contributed by atoms with Gasteiger partial charge in [0, 0.05) is 0 Å². The first-order chi connectivity index (χ1) is 7.54. The lowest BCUT2D eigenvalue weighted by Gasteiger charge is -2.14. The van der Waals surface area contributed by atoms with Crippen LogP contribution in [0.4, 0.5) is 0 Å². The lowest BCUT2D eigenvalue weighted by atomic mass is 10.1. The van der Waals surface area contributed by atoms with Gasteiger partial charge in [0.05, 0.1) is 22.6 Å². The van der Waals surface area contributed by atoms with Gasteiger partial charge in [-0.15, -0.1) is 0 Å². The highest BCUT2D eigenvalue weighted by Gasteiger charge is 2.10. The minimum atomic E-state index is -0.0874. The number of hydrogen-bond acceptors (Lipinski definition) is 2. The Bertz CT molecular complexity index is 382. The molecule has 0 saturated heterocycles. The van der Waals surface area contributed by atoms with Gasteiger partial charge < -0.3 is 10.6 Å². The highest BCUT2D eigenvalue weighted by molar-refractivity contribution is 6.42. The van der Waals surface area contributed by atoms with Gasteiger partial charge in [0.25, 0.3) is 0 Å². The molecule has 0 aliphatic rings. The van der Waals surface area contributed by atoms with Gasteiger partial charge in [-0.1, -0.05) is 29.3 Å². The number of amides is 1. The standard InChI is InChI=1S/C11H14Cl2N2O/c1-7(15-11(16)6-14-2)8-3-4-9(12)10(13)5-8/h3-5,7,14H,6H2,1-2H3,(H,15,16). The van der Waals surface area contributed by atoms with E-state index in [0.717, 1.165) is 5.56 Å². The second kappa shape index (κ2) is 6.09. The fourth-order valence-electron chi connectivity index (χ4n) is 1.32. The van der Waals surface area contributed by atoms with Crippen LogP contribution in [0, 0.1) is 0 Å². The monoisotopic (exact) mass is 260 g/mol. The number of halogens is 2. The van der Waals surface area contributed by atoms with Crippen LogP contribution in [0.3, 0.4) is 0 Å². The van der Waals surface area contributed by atoms with Gasteiger partial charge in [0.2, 0.25) is 5.91 Å². The van der Waals surface area contributed by atoms with Crippen molar-refractivity contribution >= 4 is 29.1 Å². The van der Waals surface area contributed by atoms with Gasteiger partial charge in [0.1, 0.15) is 0 Å². The zero-order valence-corrected chi connectivity index (χ0v) is 10.7. The number of carbonyl (C=O) groups is 1. The van der Waals surface area contributed by atoms with Crippen molar-refractivity contribution in [3.05, 3.63) is 33.8 Å². The first-order valence-corrected chi connectivity index (χ1v) is 5.69. The predicted octanol–water partition coefficient (Wildman–Crippen LogP) is 2.39. The van der Waals surface area contributed by atoms with Crippen LogP contribution in [0.15, 0.2) is 18.2 Å². The van der Waals surface area contributed by atoms with Crippen LogP contribution < -0.4 is 10.6 Å². The molecule has 0 radical (unpaired) electrons. The van der Waals surface area contributed by atoms with Crippen molar-refractivity contribution in [2.24, 2.45) is 0 Å². The van der Waals surface area contributed by atoms with Crippen LogP contribution in [-0.2, 0) is 4.79 Å². The minimum absolute atomic E-state index is 0.0546. The van der Waals surface area contributed by atoms with Gasteiger partial charge in [0.15, 0.2) is 0 Å². The summed E-state index contributed by atoms with van der Waals surface area (Å²) in [4.78, 5) is 11.3. The second-order valence-electron chi connectivity index (χ2n) is 3.49. The van der Waals surface area contributed by atoms with Crippen molar-refractivity contribution in [3.63, 3.8) is 0 Å². The molecule has 0 saturated carbocycles. The van der Waals surface area contributed by atoms with Gasteiger partial charge >= 0.3 is 0 Å². The van der Waals surface area contributed by atoms with Crippen molar-refractivity contribution in [1.29, 1.82) is 0 Å². The molecule has 1 amide bonds. The number of likely N-dealkylation sites (N-methyl/N-ethyl adjacent to an activating group) is 1. The summed E-state index contributed by atoms with van der Waals surface area (Å²) in [6, 6.07) is 5.24. The predicted molar refractivity (Wildman–Crippen MR) is 66.9 cm³/mol. The molecule has 1 aromatic carbocycles. The fourth-order valence-corrected chi connectivity index (χ4v) is 1.62. The second-order valence-corrected chi connectivity index (χ2v) is 4.31. The van der Waals surface area contributed by atoms with Crippen LogP contribution in [0.1, 0.15) is 18.5 Å². The Morgan fingerprint density at radius 2 is 2.06 bits per heavy atom. The Morgan fingerprint density at radius 1 is 1.38 bits per heavy atom. The first kappa shape index (κ1) is 13.3. The quantitative estimate of drug-likeness (QED) is 0.873. The lowest BCUT2D eigenvalue weighted by molar-refractivity contribution is -0.120. The molecule has 0 aromatic heterocycles. The maximum atomic E-state index is 11.3. The molecule has 5 heteroatoms. The molecule has 0 fully saturated rings. The van der Waals surface area contributed by atoms with Crippen LogP contribution in [-0.4, -0.2) is 19.5 Å². The third-order valence-electron chi connectivity index (χ3n) is 2.16. The molecule has 0 spiro atoms. The van der Waals surface area contributed by atoms with Crippen LogP contribution in [0.25, 0.3) is 0 Å². The van der Waals surface area contributed by atoms with E-state index in [2.05, 4.69) is 10.6 Å². The molecule has 1 atom stereocenters. The van der Waals surface area contributed by atoms with E-state index in [1.165, 1.54) is 0 Å². The zero-order chi connectivity index (χ0) is 12.1. The first-order valence-electron chi connectivity index (χ1n) is 4.93. The van der Waals surface area contributed by atoms with Crippen LogP contribution in [0.5, 0.6) is 0 Å². The van der Waals surface area contributed by atoms with Crippen LogP contribution >= 0.6 is 23.2 Å². The summed E-state index contributed by atoms with van der Waals surface area (Å²) in [6.07, 6.45) is 0. The maximum Gasteiger partial charge on any atom is 0.234 e. The molecule has 16 heavy (non-hydrogen) atoms. The summed E-state index contributed by atoms with van der Waals surface area (Å²) in [5.41, 5.74) is 0.929. The van der Waals surface area contributed by atoms with Crippen molar-refractivity contribution in [2.45, 2.75) is 13.0 Å². The number of carbonyl (C=O) groups excluding carboxylic acids is 1. The summed E-state index contributed by atoms with van der Waals surface area (Å²) in [6.45, 7) is 2.19. The highest BCUT2D eigenvalue weighted by Crippen LogP contribution is 2.25. The van der Waals surface area contributed by atoms with E-state index < -0.39 is 0 Å². The lowest BCUT2D eigenvalue weighted by Crippen LogP contribution is -2.33. The molecule has 0 heterocycles. The van der Waals surface area contributed by atoms with E-state index in [0.29, 0.717) is 16.6 Å². The van der Waals surface area contributed by atoms with Gasteiger partial charge in [-0.05, 0) is 31.7 Å². The topological polar surface area (TPSA) is 41.1 Å². The van der Waals surface area contributed by atoms with E-state index >= 15 is 0 Å². The molecular formula is C11H14Cl2N2O. The summed E-state index contributed by atoms with van der Waals surface area (Å²) >= 11 is 11.7. The van der Waals surface area contributed by atoms with Crippen LogP contribution in [0.2, 0.25) is 10.0 Å². The smallest absolute Gasteiger partial charge is 0.234 e. The fraction of sp³-hybridized carbons (Fsp3) is 0.364. The summed E-state index contributed by atoms with van der Waals surface area (Å²) in [7, 11) is 1.73. The Hall–Kier alpha value is -0.770. The van der Waals surface area contributed by atoms with Crippen molar-refractivity contribution in [3.8, 4) is 0 Å². The Balaban J connectivity index is 2.69. The molecule has 0 aliphatic carbocycles. The van der Waals surface area contributed by atoms with E-state index in [9.17, 15) is 4.79 Å². The Morgan fingerprint density at radius 3 is 2.62 bits per heavy atom. The molecule has 1 rings (SSSR count). The molecule has 2 N–H and O–H groups in total. The molecule has 1 unspecified atom stereocenters. The van der Waals surface area contributed by atoms with Gasteiger partial charge in [-0.25, -0.2) is 0 Å². The maximum absolute atomic E-state index is 11.3. The minimum Gasteiger partial charge on any atom is -0.348 e. The van der Waals surface area contributed by atoms with Gasteiger partial charge in [-0.2, -0.15) is 0 Å². The number of rotatable bonds is 4. The Labute approximate surface area is 105 Å². The zero-order valence-electron chi connectivity index (χ0n) is 9.18. The summed E-state index contributed by atoms with van der Waals surface area (Å²) in [5, 5.41) is 6.63. The van der Waals surface area contributed by atoms with Crippen molar-refractivity contribution in [2.75, 3.05) is 13.6 Å². The average molecular weight is 261 g/mol. The molecule has 88 valence electrons. The van der Waals surface area contributed by atoms with Crippen molar-refractivity contribution < 1.29 is 4.79 Å². The normalized spacial score (nSPS) is 12.2. The number of benzene rings is 1. The molecule has 0 bridgehead atoms. The van der Waals surface area contributed by atoms with E-state index in [1.807, 2.05) is 13.0 Å². The summed E-state index contributed by atoms with van der Waals surface area (Å²) in [5.74, 6) is -0.0546. The van der Waals surface area contributed by atoms with Crippen molar-refractivity contribution in [1.82, 2.24) is 10.6 Å². The third-order valence-corrected chi connectivity index (χ3v) is 2.90.